The van der Waals surface area contributed by atoms with Gasteiger partial charge in [0.15, 0.2) is 5.96 Å². The van der Waals surface area contributed by atoms with Crippen molar-refractivity contribution in [1.29, 1.82) is 0 Å². The predicted octanol–water partition coefficient (Wildman–Crippen LogP) is 0.0231. The highest BCUT2D eigenvalue weighted by molar-refractivity contribution is 14.0. The first-order chi connectivity index (χ1) is 7.16. The average Bonchev–Trinajstić information content (AvgIpc) is 2.64. The summed E-state index contributed by atoms with van der Waals surface area (Å²) < 4.78 is 4.86. The second-order valence-electron chi connectivity index (χ2n) is 3.65. The molecule has 96 valence electrons. The van der Waals surface area contributed by atoms with Crippen LogP contribution >= 0.6 is 35.7 Å². The van der Waals surface area contributed by atoms with Crippen molar-refractivity contribution in [2.45, 2.75) is 12.0 Å². The van der Waals surface area contributed by atoms with E-state index in [4.69, 9.17) is 10.5 Å². The summed E-state index contributed by atoms with van der Waals surface area (Å²) in [6, 6.07) is 0. The van der Waals surface area contributed by atoms with Crippen molar-refractivity contribution in [3.8, 4) is 0 Å². The summed E-state index contributed by atoms with van der Waals surface area (Å²) in [5.41, 5.74) is 4.96. The number of ether oxygens (including phenoxy) is 1. The molecule has 0 aromatic heterocycles. The molecule has 1 rings (SSSR count). The quantitative estimate of drug-likeness (QED) is 0.279. The zero-order valence-electron chi connectivity index (χ0n) is 9.44. The van der Waals surface area contributed by atoms with E-state index in [2.05, 4.69) is 10.3 Å². The Balaban J connectivity index is 0.00000225. The molecule has 1 aliphatic rings. The van der Waals surface area contributed by atoms with Gasteiger partial charge in [-0.3, -0.25) is 4.99 Å². The van der Waals surface area contributed by atoms with E-state index in [1.807, 2.05) is 0 Å². The first kappa shape index (κ1) is 16.3. The van der Waals surface area contributed by atoms with Gasteiger partial charge in [0.05, 0.1) is 18.8 Å². The minimum Gasteiger partial charge on any atom is -0.387 e. The van der Waals surface area contributed by atoms with Gasteiger partial charge in [0.1, 0.15) is 0 Å². The summed E-state index contributed by atoms with van der Waals surface area (Å²) >= 11 is 1.75. The molecular formula is C9H20IN3O2S. The molecular weight excluding hydrogens is 341 g/mol. The van der Waals surface area contributed by atoms with Crippen molar-refractivity contribution in [3.05, 3.63) is 0 Å². The van der Waals surface area contributed by atoms with Crippen LogP contribution in [0.5, 0.6) is 0 Å². The molecule has 1 unspecified atom stereocenters. The van der Waals surface area contributed by atoms with Crippen molar-refractivity contribution in [1.82, 2.24) is 5.32 Å². The fourth-order valence-electron chi connectivity index (χ4n) is 1.29. The van der Waals surface area contributed by atoms with E-state index < -0.39 is 5.60 Å². The molecule has 0 spiro atoms. The maximum Gasteiger partial charge on any atom is 0.188 e. The number of hydrogen-bond acceptors (Lipinski definition) is 4. The smallest absolute Gasteiger partial charge is 0.188 e. The van der Waals surface area contributed by atoms with Crippen molar-refractivity contribution >= 4 is 41.7 Å². The normalized spacial score (nSPS) is 25.2. The van der Waals surface area contributed by atoms with Crippen molar-refractivity contribution in [2.24, 2.45) is 10.7 Å². The van der Waals surface area contributed by atoms with E-state index in [9.17, 15) is 5.11 Å². The van der Waals surface area contributed by atoms with Crippen molar-refractivity contribution in [2.75, 3.05) is 38.3 Å². The monoisotopic (exact) mass is 361 g/mol. The fourth-order valence-corrected chi connectivity index (χ4v) is 2.57. The number of aliphatic hydroxyl groups is 1. The average molecular weight is 361 g/mol. The molecule has 0 aromatic rings. The lowest BCUT2D eigenvalue weighted by atomic mass is 10.1. The number of nitrogens with zero attached hydrogens (tertiary/aromatic N) is 1. The highest BCUT2D eigenvalue weighted by Crippen LogP contribution is 2.27. The molecule has 0 bridgehead atoms. The second-order valence-corrected chi connectivity index (χ2v) is 4.75. The Bertz CT molecular complexity index is 223. The SMILES string of the molecule is COCCNC(N)=NCC1(O)CCSC1.I. The van der Waals surface area contributed by atoms with Crippen molar-refractivity contribution in [3.63, 3.8) is 0 Å². The molecule has 1 saturated heterocycles. The molecule has 0 radical (unpaired) electrons. The number of hydrogen-bond donors (Lipinski definition) is 3. The first-order valence-electron chi connectivity index (χ1n) is 4.99. The largest absolute Gasteiger partial charge is 0.387 e. The second kappa shape index (κ2) is 8.37. The van der Waals surface area contributed by atoms with E-state index in [0.29, 0.717) is 25.7 Å². The van der Waals surface area contributed by atoms with E-state index >= 15 is 0 Å². The standard InChI is InChI=1S/C9H19N3O2S.HI/c1-14-4-3-11-8(10)12-6-9(13)2-5-15-7-9;/h13H,2-7H2,1H3,(H3,10,11,12);1H. The fraction of sp³-hybridized carbons (Fsp3) is 0.889. The van der Waals surface area contributed by atoms with Crippen LogP contribution in [-0.4, -0.2) is 55.0 Å². The van der Waals surface area contributed by atoms with E-state index in [-0.39, 0.29) is 24.0 Å². The number of nitrogens with two attached hydrogens (primary N) is 1. The molecule has 16 heavy (non-hydrogen) atoms. The van der Waals surface area contributed by atoms with Gasteiger partial charge < -0.3 is 20.9 Å². The molecule has 4 N–H and O–H groups in total. The molecule has 1 atom stereocenters. The van der Waals surface area contributed by atoms with Crippen LogP contribution < -0.4 is 11.1 Å². The number of guanidine groups is 1. The highest BCUT2D eigenvalue weighted by atomic mass is 127. The Hall–Kier alpha value is 0.270. The van der Waals surface area contributed by atoms with Crippen LogP contribution in [0.25, 0.3) is 0 Å². The van der Waals surface area contributed by atoms with Crippen LogP contribution in [0.1, 0.15) is 6.42 Å². The van der Waals surface area contributed by atoms with Gasteiger partial charge >= 0.3 is 0 Å². The lowest BCUT2D eigenvalue weighted by molar-refractivity contribution is 0.0779. The number of aliphatic imine (C=N–C) groups is 1. The van der Waals surface area contributed by atoms with Crippen LogP contribution in [0.2, 0.25) is 0 Å². The van der Waals surface area contributed by atoms with Gasteiger partial charge in [-0.15, -0.1) is 24.0 Å². The lowest BCUT2D eigenvalue weighted by Crippen LogP contribution is -2.38. The van der Waals surface area contributed by atoms with E-state index in [0.717, 1.165) is 17.9 Å². The number of thioether (sulfide) groups is 1. The third kappa shape index (κ3) is 6.12. The third-order valence-electron chi connectivity index (χ3n) is 2.24. The summed E-state index contributed by atoms with van der Waals surface area (Å²) in [6.45, 7) is 1.61. The van der Waals surface area contributed by atoms with Crippen LogP contribution in [0.4, 0.5) is 0 Å². The van der Waals surface area contributed by atoms with Gasteiger partial charge in [-0.1, -0.05) is 0 Å². The van der Waals surface area contributed by atoms with Gasteiger partial charge in [-0.2, -0.15) is 11.8 Å². The highest BCUT2D eigenvalue weighted by Gasteiger charge is 2.31. The minimum atomic E-state index is -0.655. The van der Waals surface area contributed by atoms with Gasteiger partial charge in [-0.05, 0) is 12.2 Å². The summed E-state index contributed by atoms with van der Waals surface area (Å²) in [4.78, 5) is 4.11. The number of rotatable bonds is 5. The number of halogens is 1. The molecule has 0 aromatic carbocycles. The number of nitrogens with one attached hydrogen (secondary N) is 1. The molecule has 7 heteroatoms. The summed E-state index contributed by atoms with van der Waals surface area (Å²) in [6.07, 6.45) is 0.798. The van der Waals surface area contributed by atoms with Crippen LogP contribution in [0.15, 0.2) is 4.99 Å². The third-order valence-corrected chi connectivity index (χ3v) is 3.47. The molecule has 5 nitrogen and oxygen atoms in total. The Morgan fingerprint density at radius 3 is 3.00 bits per heavy atom. The summed E-state index contributed by atoms with van der Waals surface area (Å²) in [5.74, 6) is 2.13. The summed E-state index contributed by atoms with van der Waals surface area (Å²) in [5, 5.41) is 12.9. The van der Waals surface area contributed by atoms with Gasteiger partial charge in [0, 0.05) is 19.4 Å². The summed E-state index contributed by atoms with van der Waals surface area (Å²) in [7, 11) is 1.63. The first-order valence-corrected chi connectivity index (χ1v) is 6.15. The van der Waals surface area contributed by atoms with E-state index in [1.54, 1.807) is 18.9 Å². The Kier molecular flexibility index (Phi) is 8.52. The zero-order valence-corrected chi connectivity index (χ0v) is 12.6. The Morgan fingerprint density at radius 2 is 2.44 bits per heavy atom. The topological polar surface area (TPSA) is 79.9 Å². The zero-order chi connectivity index (χ0) is 11.1. The van der Waals surface area contributed by atoms with Gasteiger partial charge in [0.2, 0.25) is 0 Å². The Morgan fingerprint density at radius 1 is 1.69 bits per heavy atom. The van der Waals surface area contributed by atoms with Gasteiger partial charge in [0.25, 0.3) is 0 Å². The molecule has 1 aliphatic heterocycles. The molecule has 0 amide bonds. The molecule has 1 heterocycles. The predicted molar refractivity (Wildman–Crippen MR) is 78.7 cm³/mol. The molecule has 1 fully saturated rings. The minimum absolute atomic E-state index is 0. The Labute approximate surface area is 118 Å². The molecule has 0 aliphatic carbocycles. The maximum atomic E-state index is 9.98. The van der Waals surface area contributed by atoms with Crippen molar-refractivity contribution < 1.29 is 9.84 Å². The van der Waals surface area contributed by atoms with Crippen LogP contribution in [-0.2, 0) is 4.74 Å². The lowest BCUT2D eigenvalue weighted by Gasteiger charge is -2.18. The molecule has 0 saturated carbocycles. The van der Waals surface area contributed by atoms with Gasteiger partial charge in [-0.25, -0.2) is 0 Å². The van der Waals surface area contributed by atoms with Crippen LogP contribution in [0, 0.1) is 0 Å². The van der Waals surface area contributed by atoms with Crippen LogP contribution in [0.3, 0.4) is 0 Å². The maximum absolute atomic E-state index is 9.98. The number of methoxy groups -OCH3 is 1. The van der Waals surface area contributed by atoms with E-state index in [1.165, 1.54) is 0 Å².